The van der Waals surface area contributed by atoms with Gasteiger partial charge >= 0.3 is 5.97 Å². The summed E-state index contributed by atoms with van der Waals surface area (Å²) in [6.45, 7) is 2.87. The molecule has 16 heavy (non-hydrogen) atoms. The van der Waals surface area contributed by atoms with E-state index in [1.165, 1.54) is 0 Å². The third-order valence-corrected chi connectivity index (χ3v) is 2.89. The summed E-state index contributed by atoms with van der Waals surface area (Å²) >= 11 is 0. The minimum absolute atomic E-state index is 0.0695. The molecule has 1 saturated carbocycles. The summed E-state index contributed by atoms with van der Waals surface area (Å²) in [5, 5.41) is 17.6. The molecule has 0 aromatic carbocycles. The lowest BCUT2D eigenvalue weighted by molar-refractivity contribution is -0.142. The Morgan fingerprint density at radius 3 is 2.44 bits per heavy atom. The van der Waals surface area contributed by atoms with Gasteiger partial charge in [-0.25, -0.2) is 0 Å². The van der Waals surface area contributed by atoms with E-state index in [0.717, 1.165) is 12.8 Å². The van der Waals surface area contributed by atoms with E-state index in [2.05, 4.69) is 0 Å². The maximum Gasteiger partial charge on any atom is 0.307 e. The van der Waals surface area contributed by atoms with Crippen LogP contribution in [0.25, 0.3) is 0 Å². The molecule has 0 bridgehead atoms. The molecule has 1 aliphatic carbocycles. The summed E-state index contributed by atoms with van der Waals surface area (Å²) in [6, 6.07) is 0. The van der Waals surface area contributed by atoms with Crippen LogP contribution in [0.5, 0.6) is 0 Å². The highest BCUT2D eigenvalue weighted by atomic mass is 16.4. The Morgan fingerprint density at radius 2 is 2.00 bits per heavy atom. The number of carboxylic acids is 1. The average molecular weight is 229 g/mol. The first kappa shape index (κ1) is 13.0. The second kappa shape index (κ2) is 5.84. The number of nitrogens with zero attached hydrogens (tertiary/aromatic N) is 1. The van der Waals surface area contributed by atoms with E-state index >= 15 is 0 Å². The Labute approximate surface area is 95.1 Å². The van der Waals surface area contributed by atoms with Crippen molar-refractivity contribution >= 4 is 11.9 Å². The van der Waals surface area contributed by atoms with Gasteiger partial charge in [-0.3, -0.25) is 9.59 Å². The van der Waals surface area contributed by atoms with Crippen LogP contribution in [0.2, 0.25) is 0 Å². The van der Waals surface area contributed by atoms with Gasteiger partial charge in [0.2, 0.25) is 5.91 Å². The van der Waals surface area contributed by atoms with Gasteiger partial charge in [0.15, 0.2) is 0 Å². The number of amides is 1. The standard InChI is InChI=1S/C11H19NO4/c1-2-3-4-12(5-6-13)10(14)8-7-9(8)11(15)16/h8-9,13H,2-7H2,1H3,(H,15,16). The number of unbranched alkanes of at least 4 members (excludes halogenated alkanes) is 1. The molecule has 2 N–H and O–H groups in total. The lowest BCUT2D eigenvalue weighted by Crippen LogP contribution is -2.36. The number of aliphatic carboxylic acids is 1. The topological polar surface area (TPSA) is 77.8 Å². The molecular formula is C11H19NO4. The molecule has 1 amide bonds. The van der Waals surface area contributed by atoms with Crippen LogP contribution in [0.3, 0.4) is 0 Å². The fourth-order valence-corrected chi connectivity index (χ4v) is 1.78. The maximum absolute atomic E-state index is 11.9. The third-order valence-electron chi connectivity index (χ3n) is 2.89. The first-order chi connectivity index (χ1) is 7.61. The van der Waals surface area contributed by atoms with Gasteiger partial charge in [0, 0.05) is 13.1 Å². The van der Waals surface area contributed by atoms with E-state index in [9.17, 15) is 9.59 Å². The predicted octanol–water partition coefficient (Wildman–Crippen LogP) is 0.328. The zero-order valence-corrected chi connectivity index (χ0v) is 9.56. The van der Waals surface area contributed by atoms with Crippen molar-refractivity contribution in [3.05, 3.63) is 0 Å². The molecule has 92 valence electrons. The minimum atomic E-state index is -0.891. The van der Waals surface area contributed by atoms with Crippen LogP contribution in [0.4, 0.5) is 0 Å². The van der Waals surface area contributed by atoms with Crippen molar-refractivity contribution in [2.24, 2.45) is 11.8 Å². The molecule has 0 aromatic rings. The van der Waals surface area contributed by atoms with Crippen LogP contribution in [0, 0.1) is 11.8 Å². The van der Waals surface area contributed by atoms with Crippen LogP contribution >= 0.6 is 0 Å². The van der Waals surface area contributed by atoms with Crippen LogP contribution in [0.15, 0.2) is 0 Å². The number of carboxylic acid groups (broad SMARTS) is 1. The van der Waals surface area contributed by atoms with Gasteiger partial charge < -0.3 is 15.1 Å². The first-order valence-corrected chi connectivity index (χ1v) is 5.74. The van der Waals surface area contributed by atoms with E-state index in [4.69, 9.17) is 10.2 Å². The smallest absolute Gasteiger partial charge is 0.307 e. The number of hydrogen-bond acceptors (Lipinski definition) is 3. The molecule has 5 nitrogen and oxygen atoms in total. The van der Waals surface area contributed by atoms with E-state index in [0.29, 0.717) is 19.5 Å². The van der Waals surface area contributed by atoms with Crippen molar-refractivity contribution in [3.63, 3.8) is 0 Å². The predicted molar refractivity (Wildman–Crippen MR) is 57.8 cm³/mol. The second-order valence-electron chi connectivity index (χ2n) is 4.19. The molecule has 0 aliphatic heterocycles. The van der Waals surface area contributed by atoms with Gasteiger partial charge in [0.05, 0.1) is 18.4 Å². The number of carbonyl (C=O) groups excluding carboxylic acids is 1. The van der Waals surface area contributed by atoms with Crippen LogP contribution in [0.1, 0.15) is 26.2 Å². The largest absolute Gasteiger partial charge is 0.481 e. The van der Waals surface area contributed by atoms with E-state index in [1.54, 1.807) is 4.90 Å². The molecule has 0 heterocycles. The van der Waals surface area contributed by atoms with Crippen molar-refractivity contribution in [1.29, 1.82) is 0 Å². The number of aliphatic hydroxyl groups is 1. The van der Waals surface area contributed by atoms with Gasteiger partial charge in [-0.05, 0) is 12.8 Å². The molecular weight excluding hydrogens is 210 g/mol. The lowest BCUT2D eigenvalue weighted by atomic mass is 10.2. The second-order valence-corrected chi connectivity index (χ2v) is 4.19. The van der Waals surface area contributed by atoms with Gasteiger partial charge in [0.1, 0.15) is 0 Å². The Morgan fingerprint density at radius 1 is 1.31 bits per heavy atom. The minimum Gasteiger partial charge on any atom is -0.481 e. The third kappa shape index (κ3) is 3.20. The van der Waals surface area contributed by atoms with Crippen LogP contribution in [-0.4, -0.2) is 46.7 Å². The van der Waals surface area contributed by atoms with Gasteiger partial charge in [-0.2, -0.15) is 0 Å². The zero-order chi connectivity index (χ0) is 12.1. The first-order valence-electron chi connectivity index (χ1n) is 5.74. The van der Waals surface area contributed by atoms with E-state index < -0.39 is 11.9 Å². The van der Waals surface area contributed by atoms with Crippen LogP contribution in [-0.2, 0) is 9.59 Å². The number of hydrogen-bond donors (Lipinski definition) is 2. The molecule has 0 radical (unpaired) electrons. The highest BCUT2D eigenvalue weighted by Gasteiger charge is 2.49. The molecule has 2 atom stereocenters. The fourth-order valence-electron chi connectivity index (χ4n) is 1.78. The Balaban J connectivity index is 2.45. The van der Waals surface area contributed by atoms with Gasteiger partial charge in [-0.15, -0.1) is 0 Å². The quantitative estimate of drug-likeness (QED) is 0.659. The summed E-state index contributed by atoms with van der Waals surface area (Å²) in [5.74, 6) is -1.87. The van der Waals surface area contributed by atoms with Gasteiger partial charge in [0.25, 0.3) is 0 Å². The molecule has 1 rings (SSSR count). The summed E-state index contributed by atoms with van der Waals surface area (Å²) in [7, 11) is 0. The maximum atomic E-state index is 11.9. The summed E-state index contributed by atoms with van der Waals surface area (Å²) in [6.07, 6.45) is 2.31. The monoisotopic (exact) mass is 229 g/mol. The fraction of sp³-hybridized carbons (Fsp3) is 0.818. The van der Waals surface area contributed by atoms with Crippen molar-refractivity contribution in [3.8, 4) is 0 Å². The van der Waals surface area contributed by atoms with Crippen LogP contribution < -0.4 is 0 Å². The highest BCUT2D eigenvalue weighted by Crippen LogP contribution is 2.40. The van der Waals surface area contributed by atoms with E-state index in [1.807, 2.05) is 6.92 Å². The van der Waals surface area contributed by atoms with Crippen molar-refractivity contribution in [1.82, 2.24) is 4.90 Å². The normalized spacial score (nSPS) is 22.9. The SMILES string of the molecule is CCCCN(CCO)C(=O)C1CC1C(=O)O. The number of rotatable bonds is 7. The Bertz CT molecular complexity index is 267. The average Bonchev–Trinajstić information content (AvgIpc) is 3.03. The molecule has 0 aromatic heterocycles. The molecule has 1 fully saturated rings. The van der Waals surface area contributed by atoms with Gasteiger partial charge in [-0.1, -0.05) is 13.3 Å². The lowest BCUT2D eigenvalue weighted by Gasteiger charge is -2.21. The molecule has 5 heteroatoms. The Hall–Kier alpha value is -1.10. The molecule has 0 saturated heterocycles. The molecule has 2 unspecified atom stereocenters. The molecule has 0 spiro atoms. The van der Waals surface area contributed by atoms with Crippen molar-refractivity contribution in [2.45, 2.75) is 26.2 Å². The summed E-state index contributed by atoms with van der Waals surface area (Å²) in [5.41, 5.74) is 0. The number of carbonyl (C=O) groups is 2. The molecule has 1 aliphatic rings. The van der Waals surface area contributed by atoms with Crippen molar-refractivity contribution in [2.75, 3.05) is 19.7 Å². The zero-order valence-electron chi connectivity index (χ0n) is 9.56. The highest BCUT2D eigenvalue weighted by molar-refractivity contribution is 5.89. The summed E-state index contributed by atoms with van der Waals surface area (Å²) in [4.78, 5) is 24.1. The number of aliphatic hydroxyl groups excluding tert-OH is 1. The van der Waals surface area contributed by atoms with E-state index in [-0.39, 0.29) is 18.4 Å². The van der Waals surface area contributed by atoms with Crippen molar-refractivity contribution < 1.29 is 19.8 Å². The Kier molecular flexibility index (Phi) is 4.73. The summed E-state index contributed by atoms with van der Waals surface area (Å²) < 4.78 is 0.